The fourth-order valence-corrected chi connectivity index (χ4v) is 4.25. The van der Waals surface area contributed by atoms with Gasteiger partial charge in [0.2, 0.25) is 0 Å². The number of anilines is 1. The molecule has 1 saturated carbocycles. The van der Waals surface area contributed by atoms with Gasteiger partial charge in [-0.25, -0.2) is 8.42 Å². The summed E-state index contributed by atoms with van der Waals surface area (Å²) in [6.07, 6.45) is 2.51. The van der Waals surface area contributed by atoms with Crippen LogP contribution in [0.1, 0.15) is 29.7 Å². The van der Waals surface area contributed by atoms with Gasteiger partial charge in [-0.2, -0.15) is 0 Å². The second-order valence-electron chi connectivity index (χ2n) is 6.98. The Kier molecular flexibility index (Phi) is 4.95. The minimum atomic E-state index is -3.85. The Bertz CT molecular complexity index is 1100. The number of hydrogen-bond acceptors (Lipinski definition) is 5. The van der Waals surface area contributed by atoms with E-state index in [0.29, 0.717) is 29.6 Å². The quantitative estimate of drug-likeness (QED) is 0.636. The summed E-state index contributed by atoms with van der Waals surface area (Å²) in [5.41, 5.74) is 3.10. The smallest absolute Gasteiger partial charge is 0.263 e. The maximum atomic E-state index is 13.1. The molecule has 7 heteroatoms. The predicted molar refractivity (Wildman–Crippen MR) is 106 cm³/mol. The van der Waals surface area contributed by atoms with Crippen molar-refractivity contribution in [3.8, 4) is 11.1 Å². The number of ether oxygens (including phenoxy) is 1. The van der Waals surface area contributed by atoms with Crippen LogP contribution in [0, 0.1) is 13.8 Å². The number of sulfonamides is 1. The molecule has 1 heterocycles. The molecule has 0 atom stereocenters. The molecule has 6 nitrogen and oxygen atoms in total. The largest absolute Gasteiger partial charge is 0.374 e. The Morgan fingerprint density at radius 3 is 2.43 bits per heavy atom. The molecular weight excluding hydrogens is 376 g/mol. The molecule has 1 N–H and O–H groups in total. The average Bonchev–Trinajstić information content (AvgIpc) is 3.48. The summed E-state index contributed by atoms with van der Waals surface area (Å²) < 4.78 is 39.7. The molecule has 0 bridgehead atoms. The summed E-state index contributed by atoms with van der Waals surface area (Å²) in [5, 5.41) is 3.82. The van der Waals surface area contributed by atoms with Gasteiger partial charge in [0.05, 0.1) is 17.6 Å². The molecule has 1 aliphatic rings. The molecule has 0 aliphatic heterocycles. The zero-order valence-electron chi connectivity index (χ0n) is 15.8. The molecule has 4 rings (SSSR count). The molecule has 1 aliphatic carbocycles. The second kappa shape index (κ2) is 7.41. The van der Waals surface area contributed by atoms with E-state index in [0.717, 1.165) is 24.0 Å². The van der Waals surface area contributed by atoms with Crippen LogP contribution in [0.25, 0.3) is 11.1 Å². The van der Waals surface area contributed by atoms with Crippen molar-refractivity contribution in [1.29, 1.82) is 0 Å². The van der Waals surface area contributed by atoms with Gasteiger partial charge in [-0.05, 0) is 43.9 Å². The van der Waals surface area contributed by atoms with Crippen LogP contribution in [-0.4, -0.2) is 19.7 Å². The van der Waals surface area contributed by atoms with Gasteiger partial charge in [0.15, 0.2) is 5.82 Å². The Balaban J connectivity index is 1.72. The van der Waals surface area contributed by atoms with E-state index in [-0.39, 0.29) is 10.7 Å². The van der Waals surface area contributed by atoms with Crippen molar-refractivity contribution in [1.82, 2.24) is 5.16 Å². The third-order valence-electron chi connectivity index (χ3n) is 4.87. The summed E-state index contributed by atoms with van der Waals surface area (Å²) in [4.78, 5) is 0.189. The minimum Gasteiger partial charge on any atom is -0.374 e. The zero-order valence-corrected chi connectivity index (χ0v) is 16.6. The standard InChI is InChI=1S/C21H22N2O4S/c1-14-15(2)27-22-21(14)23-28(24,25)20-10-6-5-9-19(20)18-8-4-3-7-16(18)13-26-17-11-12-17/h3-10,17H,11-13H2,1-2H3,(H,22,23). The number of nitrogens with zero attached hydrogens (tertiary/aromatic N) is 1. The monoisotopic (exact) mass is 398 g/mol. The van der Waals surface area contributed by atoms with Crippen LogP contribution in [-0.2, 0) is 21.4 Å². The Morgan fingerprint density at radius 1 is 1.07 bits per heavy atom. The van der Waals surface area contributed by atoms with Gasteiger partial charge in [-0.15, -0.1) is 0 Å². The minimum absolute atomic E-state index is 0.189. The number of aromatic nitrogens is 1. The van der Waals surface area contributed by atoms with Crippen molar-refractivity contribution >= 4 is 15.8 Å². The fourth-order valence-electron chi connectivity index (χ4n) is 2.97. The van der Waals surface area contributed by atoms with Gasteiger partial charge in [-0.1, -0.05) is 47.6 Å². The molecule has 0 saturated heterocycles. The summed E-state index contributed by atoms with van der Waals surface area (Å²) in [7, 11) is -3.85. The van der Waals surface area contributed by atoms with Gasteiger partial charge in [0, 0.05) is 11.1 Å². The van der Waals surface area contributed by atoms with Crippen LogP contribution < -0.4 is 4.72 Å². The van der Waals surface area contributed by atoms with E-state index in [2.05, 4.69) is 9.88 Å². The van der Waals surface area contributed by atoms with Crippen LogP contribution in [0.15, 0.2) is 57.9 Å². The second-order valence-corrected chi connectivity index (χ2v) is 8.63. The van der Waals surface area contributed by atoms with E-state index in [1.54, 1.807) is 26.0 Å². The van der Waals surface area contributed by atoms with Crippen LogP contribution in [0.5, 0.6) is 0 Å². The lowest BCUT2D eigenvalue weighted by atomic mass is 10.00. The molecule has 0 amide bonds. The Labute approximate surface area is 164 Å². The summed E-state index contributed by atoms with van der Waals surface area (Å²) >= 11 is 0. The lowest BCUT2D eigenvalue weighted by Gasteiger charge is -2.15. The highest BCUT2D eigenvalue weighted by Gasteiger charge is 2.25. The number of benzene rings is 2. The number of hydrogen-bond donors (Lipinski definition) is 1. The van der Waals surface area contributed by atoms with Crippen molar-refractivity contribution < 1.29 is 17.7 Å². The fraction of sp³-hybridized carbons (Fsp3) is 0.286. The van der Waals surface area contributed by atoms with Crippen LogP contribution >= 0.6 is 0 Å². The topological polar surface area (TPSA) is 81.4 Å². The first-order chi connectivity index (χ1) is 13.5. The van der Waals surface area contributed by atoms with Crippen molar-refractivity contribution in [3.63, 3.8) is 0 Å². The van der Waals surface area contributed by atoms with Crippen molar-refractivity contribution in [2.24, 2.45) is 0 Å². The maximum Gasteiger partial charge on any atom is 0.263 e. The molecule has 2 aromatic carbocycles. The normalized spacial score (nSPS) is 14.2. The molecule has 146 valence electrons. The Hall–Kier alpha value is -2.64. The van der Waals surface area contributed by atoms with E-state index in [1.807, 2.05) is 36.4 Å². The van der Waals surface area contributed by atoms with Gasteiger partial charge in [-0.3, -0.25) is 4.72 Å². The van der Waals surface area contributed by atoms with Crippen LogP contribution in [0.3, 0.4) is 0 Å². The van der Waals surface area contributed by atoms with Gasteiger partial charge >= 0.3 is 0 Å². The highest BCUT2D eigenvalue weighted by molar-refractivity contribution is 7.92. The Morgan fingerprint density at radius 2 is 1.75 bits per heavy atom. The first kappa shape index (κ1) is 18.7. The molecule has 28 heavy (non-hydrogen) atoms. The van der Waals surface area contributed by atoms with Gasteiger partial charge in [0.25, 0.3) is 10.0 Å². The summed E-state index contributed by atoms with van der Waals surface area (Å²) in [6.45, 7) is 3.97. The van der Waals surface area contributed by atoms with Crippen molar-refractivity contribution in [2.75, 3.05) is 4.72 Å². The molecule has 1 fully saturated rings. The average molecular weight is 398 g/mol. The number of nitrogens with one attached hydrogen (secondary N) is 1. The predicted octanol–water partition coefficient (Wildman–Crippen LogP) is 4.44. The number of rotatable bonds is 7. The lowest BCUT2D eigenvalue weighted by Crippen LogP contribution is -2.15. The van der Waals surface area contributed by atoms with Crippen molar-refractivity contribution in [2.45, 2.75) is 44.3 Å². The SMILES string of the molecule is Cc1onc(NS(=O)(=O)c2ccccc2-c2ccccc2COC2CC2)c1C. The third kappa shape index (κ3) is 3.81. The van der Waals surface area contributed by atoms with Gasteiger partial charge in [0.1, 0.15) is 5.76 Å². The van der Waals surface area contributed by atoms with E-state index in [9.17, 15) is 8.42 Å². The van der Waals surface area contributed by atoms with Crippen LogP contribution in [0.4, 0.5) is 5.82 Å². The molecule has 3 aromatic rings. The highest BCUT2D eigenvalue weighted by Crippen LogP contribution is 2.33. The molecule has 0 spiro atoms. The van der Waals surface area contributed by atoms with Crippen LogP contribution in [0.2, 0.25) is 0 Å². The van der Waals surface area contributed by atoms with E-state index < -0.39 is 10.0 Å². The van der Waals surface area contributed by atoms with E-state index in [1.165, 1.54) is 0 Å². The molecule has 0 radical (unpaired) electrons. The van der Waals surface area contributed by atoms with Gasteiger partial charge < -0.3 is 9.26 Å². The molecule has 0 unspecified atom stereocenters. The van der Waals surface area contributed by atoms with Crippen molar-refractivity contribution in [3.05, 3.63) is 65.4 Å². The summed E-state index contributed by atoms with van der Waals surface area (Å²) in [5.74, 6) is 0.784. The molecular formula is C21H22N2O4S. The maximum absolute atomic E-state index is 13.1. The first-order valence-electron chi connectivity index (χ1n) is 9.20. The highest BCUT2D eigenvalue weighted by atomic mass is 32.2. The lowest BCUT2D eigenvalue weighted by molar-refractivity contribution is 0.106. The summed E-state index contributed by atoms with van der Waals surface area (Å²) in [6, 6.07) is 14.7. The van der Waals surface area contributed by atoms with E-state index in [4.69, 9.17) is 9.26 Å². The first-order valence-corrected chi connectivity index (χ1v) is 10.7. The molecule has 1 aromatic heterocycles. The third-order valence-corrected chi connectivity index (χ3v) is 6.27. The zero-order chi connectivity index (χ0) is 19.7. The van der Waals surface area contributed by atoms with E-state index >= 15 is 0 Å². The number of aryl methyl sites for hydroxylation is 1.